The third kappa shape index (κ3) is 3.05. The summed E-state index contributed by atoms with van der Waals surface area (Å²) in [6.45, 7) is 1.52. The van der Waals surface area contributed by atoms with E-state index in [0.717, 1.165) is 23.9 Å². The van der Waals surface area contributed by atoms with Crippen LogP contribution < -0.4 is 10.3 Å². The van der Waals surface area contributed by atoms with Gasteiger partial charge < -0.3 is 9.30 Å². The van der Waals surface area contributed by atoms with Gasteiger partial charge in [-0.1, -0.05) is 0 Å². The smallest absolute Gasteiger partial charge is 0.251 e. The molecule has 0 N–H and O–H groups in total. The summed E-state index contributed by atoms with van der Waals surface area (Å²) in [6.07, 6.45) is 7.40. The molecule has 0 bridgehead atoms. The number of methoxy groups -OCH3 is 1. The van der Waals surface area contributed by atoms with Crippen molar-refractivity contribution in [1.29, 1.82) is 0 Å². The van der Waals surface area contributed by atoms with Gasteiger partial charge in [0, 0.05) is 30.8 Å². The molecular weight excluding hydrogens is 388 g/mol. The second-order valence-electron chi connectivity index (χ2n) is 7.10. The standard InChI is InChI=1S/C21H18N4O3S/c1-12(26)20-19(13-7-8-24(14-3-4-14)18(27)9-13)23-21(29-20)16-10-22-25-11-15(28-2)5-6-17(16)25/h5-11,14H,3-4H2,1-2H3. The van der Waals surface area contributed by atoms with Crippen LogP contribution in [0.5, 0.6) is 5.75 Å². The van der Waals surface area contributed by atoms with Crippen LogP contribution >= 0.6 is 11.3 Å². The summed E-state index contributed by atoms with van der Waals surface area (Å²) in [6, 6.07) is 7.52. The molecule has 0 saturated heterocycles. The Hall–Kier alpha value is -3.26. The van der Waals surface area contributed by atoms with Gasteiger partial charge in [0.25, 0.3) is 5.56 Å². The molecule has 1 saturated carbocycles. The van der Waals surface area contributed by atoms with Crippen molar-refractivity contribution in [2.45, 2.75) is 25.8 Å². The molecule has 0 spiro atoms. The number of aromatic nitrogens is 4. The van der Waals surface area contributed by atoms with Crippen LogP contribution in [-0.2, 0) is 0 Å². The minimum Gasteiger partial charge on any atom is -0.495 e. The van der Waals surface area contributed by atoms with Crippen molar-refractivity contribution in [3.63, 3.8) is 0 Å². The first kappa shape index (κ1) is 17.8. The number of carbonyl (C=O) groups excluding carboxylic acids is 1. The number of thiazole rings is 1. The number of fused-ring (bicyclic) bond motifs is 1. The van der Waals surface area contributed by atoms with E-state index in [0.29, 0.717) is 32.9 Å². The van der Waals surface area contributed by atoms with Gasteiger partial charge in [-0.15, -0.1) is 11.3 Å². The monoisotopic (exact) mass is 406 g/mol. The van der Waals surface area contributed by atoms with Crippen LogP contribution in [0.1, 0.15) is 35.5 Å². The lowest BCUT2D eigenvalue weighted by molar-refractivity contribution is 0.102. The first-order valence-corrected chi connectivity index (χ1v) is 10.1. The van der Waals surface area contributed by atoms with Crippen LogP contribution in [0, 0.1) is 0 Å². The Morgan fingerprint density at radius 3 is 2.79 bits per heavy atom. The minimum atomic E-state index is -0.0757. The summed E-state index contributed by atoms with van der Waals surface area (Å²) in [7, 11) is 1.61. The molecule has 0 radical (unpaired) electrons. The van der Waals surface area contributed by atoms with E-state index in [1.54, 1.807) is 40.8 Å². The molecule has 29 heavy (non-hydrogen) atoms. The number of hydrogen-bond acceptors (Lipinski definition) is 6. The largest absolute Gasteiger partial charge is 0.495 e. The summed E-state index contributed by atoms with van der Waals surface area (Å²) in [5.41, 5.74) is 2.85. The number of ketones is 1. The highest BCUT2D eigenvalue weighted by Crippen LogP contribution is 2.37. The number of nitrogens with zero attached hydrogens (tertiary/aromatic N) is 4. The molecule has 0 aliphatic heterocycles. The van der Waals surface area contributed by atoms with Crippen molar-refractivity contribution in [1.82, 2.24) is 19.2 Å². The number of carbonyl (C=O) groups is 1. The van der Waals surface area contributed by atoms with E-state index in [-0.39, 0.29) is 11.3 Å². The van der Waals surface area contributed by atoms with Crippen molar-refractivity contribution in [2.24, 2.45) is 0 Å². The van der Waals surface area contributed by atoms with E-state index in [1.807, 2.05) is 18.2 Å². The van der Waals surface area contributed by atoms with E-state index in [2.05, 4.69) is 5.10 Å². The molecule has 7 nitrogen and oxygen atoms in total. The second kappa shape index (κ2) is 6.66. The highest BCUT2D eigenvalue weighted by molar-refractivity contribution is 7.17. The van der Waals surface area contributed by atoms with Crippen LogP contribution in [0.3, 0.4) is 0 Å². The third-order valence-corrected chi connectivity index (χ3v) is 6.25. The molecule has 1 aliphatic carbocycles. The lowest BCUT2D eigenvalue weighted by atomic mass is 10.1. The maximum atomic E-state index is 12.5. The van der Waals surface area contributed by atoms with E-state index in [1.165, 1.54) is 18.3 Å². The molecule has 4 aromatic rings. The highest BCUT2D eigenvalue weighted by atomic mass is 32.1. The number of Topliss-reactive ketones (excluding diaryl/α,β-unsaturated/α-hetero) is 1. The van der Waals surface area contributed by atoms with E-state index in [9.17, 15) is 9.59 Å². The van der Waals surface area contributed by atoms with Gasteiger partial charge in [0.2, 0.25) is 0 Å². The van der Waals surface area contributed by atoms with Crippen molar-refractivity contribution in [3.05, 3.63) is 58.1 Å². The Morgan fingerprint density at radius 2 is 2.10 bits per heavy atom. The maximum Gasteiger partial charge on any atom is 0.251 e. The van der Waals surface area contributed by atoms with Gasteiger partial charge in [-0.3, -0.25) is 9.59 Å². The number of rotatable bonds is 5. The van der Waals surface area contributed by atoms with Gasteiger partial charge in [0.15, 0.2) is 5.78 Å². The van der Waals surface area contributed by atoms with Gasteiger partial charge >= 0.3 is 0 Å². The van der Waals surface area contributed by atoms with Gasteiger partial charge in [0.05, 0.1) is 41.2 Å². The molecule has 146 valence electrons. The van der Waals surface area contributed by atoms with Crippen molar-refractivity contribution >= 4 is 22.6 Å². The van der Waals surface area contributed by atoms with Crippen LogP contribution in [0.25, 0.3) is 27.3 Å². The minimum absolute atomic E-state index is 0.0582. The van der Waals surface area contributed by atoms with Crippen molar-refractivity contribution in [2.75, 3.05) is 7.11 Å². The second-order valence-corrected chi connectivity index (χ2v) is 8.10. The average Bonchev–Trinajstić information content (AvgIpc) is 3.31. The molecule has 1 fully saturated rings. The summed E-state index contributed by atoms with van der Waals surface area (Å²) in [5, 5.41) is 5.07. The first-order chi connectivity index (χ1) is 14.0. The molecule has 5 rings (SSSR count). The molecule has 0 aromatic carbocycles. The van der Waals surface area contributed by atoms with Crippen LogP contribution in [0.15, 0.2) is 47.7 Å². The van der Waals surface area contributed by atoms with E-state index < -0.39 is 0 Å². The molecule has 0 unspecified atom stereocenters. The molecule has 0 atom stereocenters. The van der Waals surface area contributed by atoms with Crippen LogP contribution in [-0.4, -0.2) is 32.1 Å². The summed E-state index contributed by atoms with van der Waals surface area (Å²) in [4.78, 5) is 30.0. The Balaban J connectivity index is 1.63. The van der Waals surface area contributed by atoms with E-state index >= 15 is 0 Å². The fraction of sp³-hybridized carbons (Fsp3) is 0.238. The topological polar surface area (TPSA) is 78.5 Å². The van der Waals surface area contributed by atoms with Gasteiger partial charge in [-0.05, 0) is 31.0 Å². The van der Waals surface area contributed by atoms with Gasteiger partial charge in [-0.2, -0.15) is 5.10 Å². The summed E-state index contributed by atoms with van der Waals surface area (Å²) in [5.74, 6) is 0.626. The predicted molar refractivity (Wildman–Crippen MR) is 111 cm³/mol. The fourth-order valence-corrected chi connectivity index (χ4v) is 4.41. The zero-order valence-electron chi connectivity index (χ0n) is 16.0. The summed E-state index contributed by atoms with van der Waals surface area (Å²) < 4.78 is 8.72. The SMILES string of the molecule is COc1ccc2c(-c3nc(-c4ccn(C5CC5)c(=O)c4)c(C(C)=O)s3)cnn2c1. The Morgan fingerprint density at radius 1 is 1.28 bits per heavy atom. The predicted octanol–water partition coefficient (Wildman–Crippen LogP) is 3.83. The molecule has 8 heteroatoms. The van der Waals surface area contributed by atoms with Crippen molar-refractivity contribution < 1.29 is 9.53 Å². The summed E-state index contributed by atoms with van der Waals surface area (Å²) >= 11 is 1.32. The molecular formula is C21H18N4O3S. The molecule has 1 aliphatic rings. The van der Waals surface area contributed by atoms with Crippen LogP contribution in [0.2, 0.25) is 0 Å². The number of hydrogen-bond donors (Lipinski definition) is 0. The first-order valence-electron chi connectivity index (χ1n) is 9.31. The zero-order valence-corrected chi connectivity index (χ0v) is 16.8. The van der Waals surface area contributed by atoms with Crippen LogP contribution in [0.4, 0.5) is 0 Å². The quantitative estimate of drug-likeness (QED) is 0.471. The van der Waals surface area contributed by atoms with Gasteiger partial charge in [0.1, 0.15) is 10.8 Å². The average molecular weight is 406 g/mol. The lowest BCUT2D eigenvalue weighted by Crippen LogP contribution is -2.17. The fourth-order valence-electron chi connectivity index (χ4n) is 3.41. The zero-order chi connectivity index (χ0) is 20.1. The van der Waals surface area contributed by atoms with Gasteiger partial charge in [-0.25, -0.2) is 9.50 Å². The molecule has 0 amide bonds. The highest BCUT2D eigenvalue weighted by Gasteiger charge is 2.25. The molecule has 4 aromatic heterocycles. The van der Waals surface area contributed by atoms with E-state index in [4.69, 9.17) is 9.72 Å². The molecule has 4 heterocycles. The number of ether oxygens (including phenoxy) is 1. The Labute approximate surface area is 170 Å². The normalized spacial score (nSPS) is 13.7. The Kier molecular flexibility index (Phi) is 4.09. The maximum absolute atomic E-state index is 12.5. The van der Waals surface area contributed by atoms with Crippen molar-refractivity contribution in [3.8, 4) is 27.6 Å². The Bertz CT molecular complexity index is 1310. The lowest BCUT2D eigenvalue weighted by Gasteiger charge is -2.04. The third-order valence-electron chi connectivity index (χ3n) is 5.06. The number of pyridine rings is 2.